The molecule has 1 aliphatic rings. The second kappa shape index (κ2) is 3.94. The van der Waals surface area contributed by atoms with Crippen LogP contribution in [0.2, 0.25) is 0 Å². The van der Waals surface area contributed by atoms with Crippen molar-refractivity contribution in [1.82, 2.24) is 5.32 Å². The van der Waals surface area contributed by atoms with Crippen LogP contribution in [0.4, 0.5) is 4.79 Å². The SMILES string of the molecule is CCOC(=O)C1CNC(=O)OC1. The van der Waals surface area contributed by atoms with E-state index in [1.165, 1.54) is 0 Å². The Morgan fingerprint density at radius 1 is 1.83 bits per heavy atom. The fourth-order valence-corrected chi connectivity index (χ4v) is 0.904. The molecule has 1 saturated heterocycles. The molecule has 5 nitrogen and oxygen atoms in total. The molecule has 1 unspecified atom stereocenters. The number of rotatable bonds is 2. The third kappa shape index (κ3) is 2.11. The average molecular weight is 173 g/mol. The molecule has 0 aliphatic carbocycles. The first kappa shape index (κ1) is 8.83. The van der Waals surface area contributed by atoms with Crippen molar-refractivity contribution in [2.75, 3.05) is 19.8 Å². The summed E-state index contributed by atoms with van der Waals surface area (Å²) in [5, 5.41) is 2.41. The second-order valence-electron chi connectivity index (χ2n) is 2.43. The van der Waals surface area contributed by atoms with Crippen molar-refractivity contribution in [3.63, 3.8) is 0 Å². The van der Waals surface area contributed by atoms with Crippen molar-refractivity contribution < 1.29 is 19.1 Å². The number of nitrogens with one attached hydrogen (secondary N) is 1. The highest BCUT2D eigenvalue weighted by Gasteiger charge is 2.26. The number of cyclic esters (lactones) is 1. The highest BCUT2D eigenvalue weighted by molar-refractivity contribution is 5.76. The summed E-state index contributed by atoms with van der Waals surface area (Å²) in [6, 6.07) is 0. The van der Waals surface area contributed by atoms with E-state index in [4.69, 9.17) is 4.74 Å². The van der Waals surface area contributed by atoms with E-state index in [2.05, 4.69) is 10.1 Å². The van der Waals surface area contributed by atoms with E-state index < -0.39 is 6.09 Å². The van der Waals surface area contributed by atoms with Gasteiger partial charge in [0, 0.05) is 6.54 Å². The van der Waals surface area contributed by atoms with Crippen LogP contribution in [0.15, 0.2) is 0 Å². The fourth-order valence-electron chi connectivity index (χ4n) is 0.904. The van der Waals surface area contributed by atoms with Crippen molar-refractivity contribution in [1.29, 1.82) is 0 Å². The van der Waals surface area contributed by atoms with Gasteiger partial charge in [0.25, 0.3) is 0 Å². The highest BCUT2D eigenvalue weighted by atomic mass is 16.6. The Kier molecular flexibility index (Phi) is 2.90. The Hall–Kier alpha value is -1.26. The minimum atomic E-state index is -0.476. The summed E-state index contributed by atoms with van der Waals surface area (Å²) < 4.78 is 9.35. The molecule has 1 rings (SSSR count). The molecule has 12 heavy (non-hydrogen) atoms. The lowest BCUT2D eigenvalue weighted by Gasteiger charge is -2.20. The zero-order valence-corrected chi connectivity index (χ0v) is 6.83. The van der Waals surface area contributed by atoms with Gasteiger partial charge in [-0.05, 0) is 6.92 Å². The van der Waals surface area contributed by atoms with Crippen LogP contribution in [0.3, 0.4) is 0 Å². The molecule has 1 fully saturated rings. The first-order valence-corrected chi connectivity index (χ1v) is 3.81. The maximum absolute atomic E-state index is 11.1. The predicted molar refractivity (Wildman–Crippen MR) is 39.5 cm³/mol. The second-order valence-corrected chi connectivity index (χ2v) is 2.43. The first-order chi connectivity index (χ1) is 5.74. The summed E-state index contributed by atoms with van der Waals surface area (Å²) >= 11 is 0. The molecule has 68 valence electrons. The molecule has 1 amide bonds. The van der Waals surface area contributed by atoms with Gasteiger partial charge in [0.1, 0.15) is 12.5 Å². The van der Waals surface area contributed by atoms with E-state index in [9.17, 15) is 9.59 Å². The number of esters is 1. The number of carbonyl (C=O) groups is 2. The maximum atomic E-state index is 11.1. The van der Waals surface area contributed by atoms with E-state index >= 15 is 0 Å². The minimum absolute atomic E-state index is 0.116. The van der Waals surface area contributed by atoms with Gasteiger partial charge in [-0.2, -0.15) is 0 Å². The van der Waals surface area contributed by atoms with Gasteiger partial charge >= 0.3 is 12.1 Å². The van der Waals surface area contributed by atoms with Crippen LogP contribution in [-0.2, 0) is 14.3 Å². The Morgan fingerprint density at radius 2 is 2.58 bits per heavy atom. The van der Waals surface area contributed by atoms with E-state index in [1.807, 2.05) is 0 Å². The minimum Gasteiger partial charge on any atom is -0.466 e. The van der Waals surface area contributed by atoms with Crippen LogP contribution in [0.1, 0.15) is 6.92 Å². The number of alkyl carbamates (subject to hydrolysis) is 1. The van der Waals surface area contributed by atoms with Gasteiger partial charge < -0.3 is 14.8 Å². The van der Waals surface area contributed by atoms with Gasteiger partial charge in [0.15, 0.2) is 0 Å². The molecule has 1 heterocycles. The van der Waals surface area contributed by atoms with Crippen LogP contribution in [0, 0.1) is 5.92 Å². The van der Waals surface area contributed by atoms with Crippen LogP contribution in [0.5, 0.6) is 0 Å². The monoisotopic (exact) mass is 173 g/mol. The summed E-state index contributed by atoms with van der Waals surface area (Å²) in [5.74, 6) is -0.680. The Labute approximate surface area is 70.0 Å². The third-order valence-electron chi connectivity index (χ3n) is 1.53. The van der Waals surface area contributed by atoms with Crippen molar-refractivity contribution in [3.8, 4) is 0 Å². The predicted octanol–water partition coefficient (Wildman–Crippen LogP) is -0.0945. The van der Waals surface area contributed by atoms with E-state index in [0.29, 0.717) is 13.2 Å². The molecule has 1 atom stereocenters. The summed E-state index contributed by atoms with van der Waals surface area (Å²) in [7, 11) is 0. The molecule has 0 bridgehead atoms. The summed E-state index contributed by atoms with van der Waals surface area (Å²) in [6.45, 7) is 2.51. The zero-order valence-electron chi connectivity index (χ0n) is 6.83. The third-order valence-corrected chi connectivity index (χ3v) is 1.53. The Balaban J connectivity index is 2.33. The summed E-state index contributed by atoms with van der Waals surface area (Å²) in [5.41, 5.74) is 0. The molecular formula is C7H11NO4. The van der Waals surface area contributed by atoms with Gasteiger partial charge in [0.2, 0.25) is 0 Å². The quantitative estimate of drug-likeness (QED) is 0.592. The number of hydrogen-bond donors (Lipinski definition) is 1. The van der Waals surface area contributed by atoms with Gasteiger partial charge in [-0.15, -0.1) is 0 Å². The normalized spacial score (nSPS) is 22.4. The first-order valence-electron chi connectivity index (χ1n) is 3.81. The van der Waals surface area contributed by atoms with Crippen LogP contribution in [-0.4, -0.2) is 31.8 Å². The standard InChI is InChI=1S/C7H11NO4/c1-2-11-6(9)5-3-8-7(10)12-4-5/h5H,2-4H2,1H3,(H,8,10). The Morgan fingerprint density at radius 3 is 3.08 bits per heavy atom. The van der Waals surface area contributed by atoms with E-state index in [1.54, 1.807) is 6.92 Å². The molecule has 0 spiro atoms. The maximum Gasteiger partial charge on any atom is 0.407 e. The van der Waals surface area contributed by atoms with Gasteiger partial charge in [0.05, 0.1) is 6.61 Å². The number of ether oxygens (including phenoxy) is 2. The summed E-state index contributed by atoms with van der Waals surface area (Å²) in [4.78, 5) is 21.6. The van der Waals surface area contributed by atoms with Crippen LogP contribution in [0.25, 0.3) is 0 Å². The molecule has 0 radical (unpaired) electrons. The van der Waals surface area contributed by atoms with Gasteiger partial charge in [-0.3, -0.25) is 4.79 Å². The van der Waals surface area contributed by atoms with Crippen LogP contribution < -0.4 is 5.32 Å². The largest absolute Gasteiger partial charge is 0.466 e. The van der Waals surface area contributed by atoms with Crippen molar-refractivity contribution in [3.05, 3.63) is 0 Å². The lowest BCUT2D eigenvalue weighted by Crippen LogP contribution is -2.42. The topological polar surface area (TPSA) is 64.6 Å². The fraction of sp³-hybridized carbons (Fsp3) is 0.714. The molecule has 1 N–H and O–H groups in total. The number of carbonyl (C=O) groups excluding carboxylic acids is 2. The van der Waals surface area contributed by atoms with Crippen molar-refractivity contribution >= 4 is 12.1 Å². The number of amides is 1. The van der Waals surface area contributed by atoms with E-state index in [-0.39, 0.29) is 18.5 Å². The van der Waals surface area contributed by atoms with Gasteiger partial charge in [-0.25, -0.2) is 4.79 Å². The molecular weight excluding hydrogens is 162 g/mol. The van der Waals surface area contributed by atoms with Gasteiger partial charge in [-0.1, -0.05) is 0 Å². The lowest BCUT2D eigenvalue weighted by atomic mass is 10.1. The lowest BCUT2D eigenvalue weighted by molar-refractivity contribution is -0.149. The average Bonchev–Trinajstić information content (AvgIpc) is 2.06. The molecule has 1 aliphatic heterocycles. The smallest absolute Gasteiger partial charge is 0.407 e. The molecule has 0 saturated carbocycles. The van der Waals surface area contributed by atoms with E-state index in [0.717, 1.165) is 0 Å². The van der Waals surface area contributed by atoms with Crippen molar-refractivity contribution in [2.24, 2.45) is 5.92 Å². The molecule has 0 aromatic heterocycles. The molecule has 0 aromatic rings. The number of hydrogen-bond acceptors (Lipinski definition) is 4. The highest BCUT2D eigenvalue weighted by Crippen LogP contribution is 2.04. The molecule has 0 aromatic carbocycles. The zero-order chi connectivity index (χ0) is 8.97. The summed E-state index contributed by atoms with van der Waals surface area (Å²) in [6.07, 6.45) is -0.476. The molecule has 5 heteroatoms. The van der Waals surface area contributed by atoms with Crippen molar-refractivity contribution in [2.45, 2.75) is 6.92 Å². The Bertz CT molecular complexity index is 182. The van der Waals surface area contributed by atoms with Crippen LogP contribution >= 0.6 is 0 Å².